The molecule has 1 aliphatic heterocycles. The Labute approximate surface area is 132 Å². The number of amides is 1. The second-order valence-electron chi connectivity index (χ2n) is 6.50. The molecule has 2 aliphatic carbocycles. The topological polar surface area (TPSA) is 41.1 Å². The molecule has 4 unspecified atom stereocenters. The van der Waals surface area contributed by atoms with Gasteiger partial charge in [0.25, 0.3) is 0 Å². The van der Waals surface area contributed by atoms with Gasteiger partial charge in [0.05, 0.1) is 0 Å². The summed E-state index contributed by atoms with van der Waals surface area (Å²) >= 11 is 1.95. The predicted octanol–water partition coefficient (Wildman–Crippen LogP) is 2.45. The van der Waals surface area contributed by atoms with Crippen molar-refractivity contribution in [1.82, 2.24) is 10.6 Å². The molecule has 5 heteroatoms. The van der Waals surface area contributed by atoms with E-state index in [2.05, 4.69) is 10.6 Å². The quantitative estimate of drug-likeness (QED) is 0.818. The van der Waals surface area contributed by atoms with Gasteiger partial charge in [-0.2, -0.15) is 11.8 Å². The van der Waals surface area contributed by atoms with Crippen molar-refractivity contribution in [3.05, 3.63) is 0 Å². The molecule has 0 spiro atoms. The van der Waals surface area contributed by atoms with Crippen molar-refractivity contribution in [2.24, 2.45) is 17.8 Å². The first-order chi connectivity index (χ1) is 9.31. The molecule has 3 nitrogen and oxygen atoms in total. The van der Waals surface area contributed by atoms with Gasteiger partial charge in [-0.05, 0) is 43.4 Å². The fourth-order valence-electron chi connectivity index (χ4n) is 4.17. The summed E-state index contributed by atoms with van der Waals surface area (Å²) in [6.45, 7) is 1.94. The zero-order chi connectivity index (χ0) is 13.1. The smallest absolute Gasteiger partial charge is 0.221 e. The molecule has 20 heavy (non-hydrogen) atoms. The molecule has 0 aromatic rings. The maximum absolute atomic E-state index is 11.9. The van der Waals surface area contributed by atoms with Gasteiger partial charge in [0.2, 0.25) is 5.91 Å². The molecule has 0 radical (unpaired) electrons. The molecule has 1 heterocycles. The van der Waals surface area contributed by atoms with Crippen LogP contribution in [0.1, 0.15) is 38.5 Å². The van der Waals surface area contributed by atoms with Crippen LogP contribution in [0.25, 0.3) is 0 Å². The summed E-state index contributed by atoms with van der Waals surface area (Å²) in [5, 5.41) is 6.55. The third-order valence-corrected chi connectivity index (χ3v) is 6.28. The molecule has 4 atom stereocenters. The van der Waals surface area contributed by atoms with E-state index in [0.29, 0.717) is 12.5 Å². The molecular formula is C15H27ClN2OS. The Kier molecular flexibility index (Phi) is 6.50. The van der Waals surface area contributed by atoms with Crippen molar-refractivity contribution in [1.29, 1.82) is 0 Å². The Bertz CT molecular complexity index is 323. The van der Waals surface area contributed by atoms with Gasteiger partial charge in [-0.1, -0.05) is 6.42 Å². The van der Waals surface area contributed by atoms with Crippen molar-refractivity contribution in [2.75, 3.05) is 24.6 Å². The van der Waals surface area contributed by atoms with Crippen molar-refractivity contribution in [3.63, 3.8) is 0 Å². The van der Waals surface area contributed by atoms with E-state index in [1.807, 2.05) is 11.8 Å². The largest absolute Gasteiger partial charge is 0.356 e. The highest BCUT2D eigenvalue weighted by Gasteiger charge is 2.38. The molecule has 2 N–H and O–H groups in total. The number of hydrogen-bond donors (Lipinski definition) is 2. The first-order valence-electron chi connectivity index (χ1n) is 7.89. The standard InChI is InChI=1S/C15H26N2OS.ClH/c18-15(9-14-10-19-6-5-16-14)17-4-3-13-8-11-1-2-12(13)7-11;/h11-14,16H,1-10H2,(H,17,18);1H. The van der Waals surface area contributed by atoms with E-state index in [0.717, 1.165) is 36.6 Å². The number of carbonyl (C=O) groups excluding carboxylic acids is 1. The molecule has 3 fully saturated rings. The number of thioether (sulfide) groups is 1. The van der Waals surface area contributed by atoms with Gasteiger partial charge in [-0.25, -0.2) is 0 Å². The van der Waals surface area contributed by atoms with E-state index in [4.69, 9.17) is 0 Å². The van der Waals surface area contributed by atoms with Gasteiger partial charge in [0, 0.05) is 37.1 Å². The third kappa shape index (κ3) is 4.28. The lowest BCUT2D eigenvalue weighted by Gasteiger charge is -2.23. The minimum absolute atomic E-state index is 0. The highest BCUT2D eigenvalue weighted by Crippen LogP contribution is 2.49. The Hall–Kier alpha value is 0.0700. The summed E-state index contributed by atoms with van der Waals surface area (Å²) in [4.78, 5) is 11.9. The summed E-state index contributed by atoms with van der Waals surface area (Å²) in [6.07, 6.45) is 7.69. The van der Waals surface area contributed by atoms with E-state index in [1.54, 1.807) is 0 Å². The average molecular weight is 319 g/mol. The van der Waals surface area contributed by atoms with Gasteiger partial charge in [-0.3, -0.25) is 4.79 Å². The number of nitrogens with one attached hydrogen (secondary N) is 2. The highest BCUT2D eigenvalue weighted by atomic mass is 35.5. The minimum Gasteiger partial charge on any atom is -0.356 e. The SMILES string of the molecule is Cl.O=C(CC1CSCCN1)NCCC1CC2CCC1C2. The fraction of sp³-hybridized carbons (Fsp3) is 0.933. The zero-order valence-corrected chi connectivity index (χ0v) is 13.7. The van der Waals surface area contributed by atoms with Crippen LogP contribution in [0, 0.1) is 17.8 Å². The molecule has 3 aliphatic rings. The van der Waals surface area contributed by atoms with Crippen LogP contribution in [-0.2, 0) is 4.79 Å². The van der Waals surface area contributed by atoms with Crippen molar-refractivity contribution >= 4 is 30.1 Å². The Morgan fingerprint density at radius 2 is 2.20 bits per heavy atom. The number of fused-ring (bicyclic) bond motifs is 2. The summed E-state index contributed by atoms with van der Waals surface area (Å²) < 4.78 is 0. The van der Waals surface area contributed by atoms with Gasteiger partial charge < -0.3 is 10.6 Å². The summed E-state index contributed by atoms with van der Waals surface area (Å²) in [7, 11) is 0. The molecule has 1 amide bonds. The van der Waals surface area contributed by atoms with E-state index in [-0.39, 0.29) is 18.3 Å². The van der Waals surface area contributed by atoms with E-state index < -0.39 is 0 Å². The monoisotopic (exact) mass is 318 g/mol. The number of halogens is 1. The van der Waals surface area contributed by atoms with Crippen LogP contribution < -0.4 is 10.6 Å². The molecule has 2 saturated carbocycles. The van der Waals surface area contributed by atoms with Crippen molar-refractivity contribution in [3.8, 4) is 0 Å². The van der Waals surface area contributed by atoms with Crippen LogP contribution in [0.3, 0.4) is 0 Å². The van der Waals surface area contributed by atoms with E-state index in [1.165, 1.54) is 37.9 Å². The normalized spacial score (nSPS) is 35.6. The number of carbonyl (C=O) groups is 1. The summed E-state index contributed by atoms with van der Waals surface area (Å²) in [5.74, 6) is 5.42. The highest BCUT2D eigenvalue weighted by molar-refractivity contribution is 7.99. The van der Waals surface area contributed by atoms with Gasteiger partial charge in [-0.15, -0.1) is 12.4 Å². The van der Waals surface area contributed by atoms with Crippen LogP contribution >= 0.6 is 24.2 Å². The molecular weight excluding hydrogens is 292 g/mol. The van der Waals surface area contributed by atoms with Crippen molar-refractivity contribution in [2.45, 2.75) is 44.6 Å². The fourth-order valence-corrected chi connectivity index (χ4v) is 5.12. The second-order valence-corrected chi connectivity index (χ2v) is 7.65. The Morgan fingerprint density at radius 1 is 1.30 bits per heavy atom. The predicted molar refractivity (Wildman–Crippen MR) is 87.5 cm³/mol. The van der Waals surface area contributed by atoms with E-state index >= 15 is 0 Å². The van der Waals surface area contributed by atoms with Gasteiger partial charge in [0.1, 0.15) is 0 Å². The van der Waals surface area contributed by atoms with Crippen LogP contribution in [0.15, 0.2) is 0 Å². The zero-order valence-electron chi connectivity index (χ0n) is 12.1. The lowest BCUT2D eigenvalue weighted by molar-refractivity contribution is -0.121. The van der Waals surface area contributed by atoms with Crippen LogP contribution in [0.2, 0.25) is 0 Å². The Balaban J connectivity index is 0.00000147. The number of hydrogen-bond acceptors (Lipinski definition) is 3. The van der Waals surface area contributed by atoms with Crippen molar-refractivity contribution < 1.29 is 4.79 Å². The third-order valence-electron chi connectivity index (χ3n) is 5.15. The molecule has 2 bridgehead atoms. The average Bonchev–Trinajstić information content (AvgIpc) is 3.02. The summed E-state index contributed by atoms with van der Waals surface area (Å²) in [6, 6.07) is 0.390. The van der Waals surface area contributed by atoms with E-state index in [9.17, 15) is 4.79 Å². The molecule has 1 saturated heterocycles. The maximum atomic E-state index is 11.9. The lowest BCUT2D eigenvalue weighted by Crippen LogP contribution is -2.41. The van der Waals surface area contributed by atoms with Crippen LogP contribution in [-0.4, -0.2) is 36.5 Å². The van der Waals surface area contributed by atoms with Gasteiger partial charge >= 0.3 is 0 Å². The first-order valence-corrected chi connectivity index (χ1v) is 9.04. The number of rotatable bonds is 5. The summed E-state index contributed by atoms with van der Waals surface area (Å²) in [5.41, 5.74) is 0. The Morgan fingerprint density at radius 3 is 2.85 bits per heavy atom. The van der Waals surface area contributed by atoms with Crippen LogP contribution in [0.5, 0.6) is 0 Å². The minimum atomic E-state index is 0. The molecule has 3 rings (SSSR count). The van der Waals surface area contributed by atoms with Crippen LogP contribution in [0.4, 0.5) is 0 Å². The molecule has 0 aromatic heterocycles. The lowest BCUT2D eigenvalue weighted by atomic mass is 9.86. The van der Waals surface area contributed by atoms with Gasteiger partial charge in [0.15, 0.2) is 0 Å². The first kappa shape index (κ1) is 16.4. The molecule has 116 valence electrons. The maximum Gasteiger partial charge on any atom is 0.221 e. The second kappa shape index (κ2) is 7.90. The molecule has 0 aromatic carbocycles.